The van der Waals surface area contributed by atoms with Crippen LogP contribution < -0.4 is 11.1 Å². The van der Waals surface area contributed by atoms with Crippen LogP contribution in [0.1, 0.15) is 12.8 Å². The second-order valence-corrected chi connectivity index (χ2v) is 4.81. The van der Waals surface area contributed by atoms with Crippen LogP contribution in [-0.2, 0) is 4.79 Å². The van der Waals surface area contributed by atoms with Crippen molar-refractivity contribution in [3.8, 4) is 0 Å². The van der Waals surface area contributed by atoms with Gasteiger partial charge in [0.25, 0.3) is 0 Å². The van der Waals surface area contributed by atoms with E-state index in [0.717, 1.165) is 18.2 Å². The maximum Gasteiger partial charge on any atom is 0.238 e. The van der Waals surface area contributed by atoms with E-state index in [2.05, 4.69) is 10.2 Å². The number of anilines is 2. The molecule has 0 spiro atoms. The number of hydrogen-bond donors (Lipinski definition) is 2. The molecule has 1 fully saturated rings. The van der Waals surface area contributed by atoms with Gasteiger partial charge in [0.2, 0.25) is 5.91 Å². The van der Waals surface area contributed by atoms with Gasteiger partial charge in [-0.15, -0.1) is 0 Å². The molecule has 0 unspecified atom stereocenters. The van der Waals surface area contributed by atoms with E-state index in [1.54, 1.807) is 12.1 Å². The summed E-state index contributed by atoms with van der Waals surface area (Å²) >= 11 is 0. The Hall–Kier alpha value is -1.55. The van der Waals surface area contributed by atoms with Crippen LogP contribution in [0.3, 0.4) is 0 Å². The third-order valence-corrected chi connectivity index (χ3v) is 2.85. The first-order chi connectivity index (χ1) is 8.13. The third kappa shape index (κ3) is 4.07. The summed E-state index contributed by atoms with van der Waals surface area (Å²) in [4.78, 5) is 13.8. The summed E-state index contributed by atoms with van der Waals surface area (Å²) in [6.07, 6.45) is 2.61. The second-order valence-electron chi connectivity index (χ2n) is 4.81. The van der Waals surface area contributed by atoms with Gasteiger partial charge in [0.1, 0.15) is 0 Å². The Bertz CT molecular complexity index is 401. The van der Waals surface area contributed by atoms with Gasteiger partial charge in [-0.3, -0.25) is 9.69 Å². The number of nitrogens with two attached hydrogens (primary N) is 1. The van der Waals surface area contributed by atoms with Crippen LogP contribution in [0.25, 0.3) is 0 Å². The van der Waals surface area contributed by atoms with Gasteiger partial charge in [0.15, 0.2) is 0 Å². The molecule has 1 saturated carbocycles. The quantitative estimate of drug-likeness (QED) is 0.759. The number of hydrogen-bond acceptors (Lipinski definition) is 3. The Morgan fingerprint density at radius 1 is 1.53 bits per heavy atom. The fourth-order valence-electron chi connectivity index (χ4n) is 1.87. The van der Waals surface area contributed by atoms with Gasteiger partial charge in [-0.25, -0.2) is 0 Å². The number of nitrogen functional groups attached to an aromatic ring is 1. The van der Waals surface area contributed by atoms with Crippen LogP contribution >= 0.6 is 0 Å². The molecule has 4 heteroatoms. The third-order valence-electron chi connectivity index (χ3n) is 2.85. The predicted octanol–water partition coefficient (Wildman–Crippen LogP) is 1.55. The van der Waals surface area contributed by atoms with Crippen LogP contribution in [-0.4, -0.2) is 30.9 Å². The normalized spacial score (nSPS) is 14.9. The highest BCUT2D eigenvalue weighted by molar-refractivity contribution is 5.92. The van der Waals surface area contributed by atoms with E-state index in [1.807, 2.05) is 19.2 Å². The summed E-state index contributed by atoms with van der Waals surface area (Å²) in [5.41, 5.74) is 7.07. The number of likely N-dealkylation sites (N-methyl/N-ethyl adjacent to an activating group) is 1. The fourth-order valence-corrected chi connectivity index (χ4v) is 1.87. The zero-order valence-corrected chi connectivity index (χ0v) is 10.1. The molecule has 2 rings (SSSR count). The summed E-state index contributed by atoms with van der Waals surface area (Å²) in [7, 11) is 1.98. The Morgan fingerprint density at radius 2 is 2.29 bits per heavy atom. The van der Waals surface area contributed by atoms with Crippen LogP contribution in [0.15, 0.2) is 24.3 Å². The smallest absolute Gasteiger partial charge is 0.238 e. The zero-order valence-electron chi connectivity index (χ0n) is 10.1. The average molecular weight is 233 g/mol. The van der Waals surface area contributed by atoms with Crippen molar-refractivity contribution < 1.29 is 4.79 Å². The summed E-state index contributed by atoms with van der Waals surface area (Å²) in [5, 5.41) is 2.85. The monoisotopic (exact) mass is 233 g/mol. The van der Waals surface area contributed by atoms with Crippen molar-refractivity contribution in [3.63, 3.8) is 0 Å². The molecule has 92 valence electrons. The molecule has 3 N–H and O–H groups in total. The molecule has 17 heavy (non-hydrogen) atoms. The standard InChI is InChI=1S/C13H19N3O/c1-16(8-10-5-6-10)9-13(17)15-12-4-2-3-11(14)7-12/h2-4,7,10H,5-6,8-9,14H2,1H3,(H,15,17). The Balaban J connectivity index is 1.79. The van der Waals surface area contributed by atoms with Crippen LogP contribution in [0.2, 0.25) is 0 Å². The highest BCUT2D eigenvalue weighted by atomic mass is 16.2. The van der Waals surface area contributed by atoms with E-state index in [1.165, 1.54) is 12.8 Å². The van der Waals surface area contributed by atoms with Crippen molar-refractivity contribution in [2.75, 3.05) is 31.2 Å². The van der Waals surface area contributed by atoms with E-state index in [0.29, 0.717) is 12.2 Å². The number of benzene rings is 1. The molecule has 4 nitrogen and oxygen atoms in total. The van der Waals surface area contributed by atoms with E-state index in [4.69, 9.17) is 5.73 Å². The molecule has 1 aliphatic rings. The van der Waals surface area contributed by atoms with E-state index >= 15 is 0 Å². The molecule has 0 atom stereocenters. The van der Waals surface area contributed by atoms with E-state index in [-0.39, 0.29) is 5.91 Å². The van der Waals surface area contributed by atoms with Gasteiger partial charge in [0.05, 0.1) is 6.54 Å². The number of amides is 1. The summed E-state index contributed by atoms with van der Waals surface area (Å²) < 4.78 is 0. The first-order valence-electron chi connectivity index (χ1n) is 5.97. The predicted molar refractivity (Wildman–Crippen MR) is 69.7 cm³/mol. The first kappa shape index (κ1) is 11.9. The van der Waals surface area contributed by atoms with Crippen molar-refractivity contribution in [2.24, 2.45) is 5.92 Å². The molecule has 0 heterocycles. The lowest BCUT2D eigenvalue weighted by molar-refractivity contribution is -0.117. The first-order valence-corrected chi connectivity index (χ1v) is 5.97. The fraction of sp³-hybridized carbons (Fsp3) is 0.462. The molecule has 0 aliphatic heterocycles. The highest BCUT2D eigenvalue weighted by Crippen LogP contribution is 2.29. The molecular formula is C13H19N3O. The molecule has 1 aromatic rings. The van der Waals surface area contributed by atoms with Crippen molar-refractivity contribution in [1.82, 2.24) is 4.90 Å². The molecule has 0 radical (unpaired) electrons. The SMILES string of the molecule is CN(CC(=O)Nc1cccc(N)c1)CC1CC1. The Kier molecular flexibility index (Phi) is 3.64. The van der Waals surface area contributed by atoms with Crippen molar-refractivity contribution in [1.29, 1.82) is 0 Å². The van der Waals surface area contributed by atoms with Gasteiger partial charge >= 0.3 is 0 Å². The average Bonchev–Trinajstić information content (AvgIpc) is 3.00. The molecule has 1 aromatic carbocycles. The number of carbonyl (C=O) groups excluding carboxylic acids is 1. The van der Waals surface area contributed by atoms with Gasteiger partial charge in [-0.1, -0.05) is 6.07 Å². The topological polar surface area (TPSA) is 58.4 Å². The largest absolute Gasteiger partial charge is 0.399 e. The van der Waals surface area contributed by atoms with Crippen LogP contribution in [0, 0.1) is 5.92 Å². The molecule has 1 amide bonds. The lowest BCUT2D eigenvalue weighted by atomic mass is 10.3. The van der Waals surface area contributed by atoms with Gasteiger partial charge < -0.3 is 11.1 Å². The summed E-state index contributed by atoms with van der Waals surface area (Å²) in [6, 6.07) is 7.24. The lowest BCUT2D eigenvalue weighted by Crippen LogP contribution is -2.31. The van der Waals surface area contributed by atoms with Crippen molar-refractivity contribution in [2.45, 2.75) is 12.8 Å². The number of carbonyl (C=O) groups is 1. The van der Waals surface area contributed by atoms with E-state index < -0.39 is 0 Å². The van der Waals surface area contributed by atoms with Crippen LogP contribution in [0.5, 0.6) is 0 Å². The molecule has 0 bridgehead atoms. The van der Waals surface area contributed by atoms with Crippen molar-refractivity contribution in [3.05, 3.63) is 24.3 Å². The second kappa shape index (κ2) is 5.19. The van der Waals surface area contributed by atoms with Crippen LogP contribution in [0.4, 0.5) is 11.4 Å². The number of nitrogens with one attached hydrogen (secondary N) is 1. The minimum absolute atomic E-state index is 0.0127. The Morgan fingerprint density at radius 3 is 2.94 bits per heavy atom. The maximum atomic E-state index is 11.7. The van der Waals surface area contributed by atoms with E-state index in [9.17, 15) is 4.79 Å². The molecule has 0 aromatic heterocycles. The Labute approximate surface area is 102 Å². The maximum absolute atomic E-state index is 11.7. The van der Waals surface area contributed by atoms with Crippen molar-refractivity contribution >= 4 is 17.3 Å². The summed E-state index contributed by atoms with van der Waals surface area (Å²) in [5.74, 6) is 0.818. The zero-order chi connectivity index (χ0) is 12.3. The highest BCUT2D eigenvalue weighted by Gasteiger charge is 2.23. The molecule has 1 aliphatic carbocycles. The molecular weight excluding hydrogens is 214 g/mol. The minimum Gasteiger partial charge on any atom is -0.399 e. The lowest BCUT2D eigenvalue weighted by Gasteiger charge is -2.15. The number of nitrogens with zero attached hydrogens (tertiary/aromatic N) is 1. The van der Waals surface area contributed by atoms with Gasteiger partial charge in [-0.05, 0) is 44.0 Å². The van der Waals surface area contributed by atoms with Gasteiger partial charge in [0, 0.05) is 17.9 Å². The number of rotatable bonds is 5. The summed E-state index contributed by atoms with van der Waals surface area (Å²) in [6.45, 7) is 1.45. The minimum atomic E-state index is 0.0127. The van der Waals surface area contributed by atoms with Gasteiger partial charge in [-0.2, -0.15) is 0 Å². The molecule has 0 saturated heterocycles.